The number of imidazole rings is 5. The van der Waals surface area contributed by atoms with Crippen LogP contribution in [0.15, 0.2) is 250 Å². The van der Waals surface area contributed by atoms with Crippen LogP contribution >= 0.6 is 0 Å². The Morgan fingerprint density at radius 1 is 0.265 bits per heavy atom. The third-order valence-electron chi connectivity index (χ3n) is 20.5. The summed E-state index contributed by atoms with van der Waals surface area (Å²) < 4.78 is 34.9. The molecule has 0 saturated carbocycles. The molecule has 0 bridgehead atoms. The Morgan fingerprint density at radius 2 is 0.765 bits per heavy atom. The number of fused-ring (bicyclic) bond motifs is 11. The van der Waals surface area contributed by atoms with Crippen molar-refractivity contribution in [3.63, 3.8) is 0 Å². The predicted molar refractivity (Wildman–Crippen MR) is 495 cm³/mol. The second-order valence-electron chi connectivity index (χ2n) is 30.8. The van der Waals surface area contributed by atoms with Gasteiger partial charge in [0.2, 0.25) is 22.6 Å². The van der Waals surface area contributed by atoms with Crippen LogP contribution < -0.4 is 61.5 Å². The minimum absolute atomic E-state index is 0.0156. The lowest BCUT2D eigenvalue weighted by Crippen LogP contribution is -2.24. The van der Waals surface area contributed by atoms with E-state index in [1.54, 1.807) is 253 Å². The van der Waals surface area contributed by atoms with E-state index in [1.807, 2.05) is 138 Å². The minimum atomic E-state index is -0.173. The molecule has 0 atom stereocenters. The summed E-state index contributed by atoms with van der Waals surface area (Å²) in [5, 5.41) is 19.6. The third kappa shape index (κ3) is 20.3. The van der Waals surface area contributed by atoms with Crippen LogP contribution in [0.25, 0.3) is 61.5 Å². The van der Waals surface area contributed by atoms with Gasteiger partial charge in [0.1, 0.15) is 57.3 Å². The average molecular weight is 1800 g/mol. The molecule has 0 saturated heterocycles. The van der Waals surface area contributed by atoms with Crippen LogP contribution in [0.3, 0.4) is 0 Å². The van der Waals surface area contributed by atoms with E-state index in [1.165, 1.54) is 58.9 Å². The summed E-state index contributed by atoms with van der Waals surface area (Å²) in [6.07, 6.45) is 43.7. The standard InChI is InChI=1S/2C9H10N2O.6C8H9N3O.3C7H8N4O/c1-7-5-8-9(12)10(2)3-4-11(8)6-7;1-7-3-4-8-9(12)10(2)5-6-11(7)8;1-6-9-5-7-8(12)10(2)3-4-11(6)7;1-6-7-3-4-10(2)8(12)11(7)5-9-6;1-6-5-11-4-3-10(2)8(12)7(11)9-6;1-6-5-9-7-8(12)10(2)3-4-11(6)7;1-6-5-7-8(12)10(2)3-4-11(7)9-6;1-6-5-11-7(9-6)3-4-10(2)8(11)12;1-5-8-9-6-7(12)10(2)3-4-11(5)6;1-5-8-6-7(12)10(2)3-4-11(6)9-5;1-5-8-6-3-4-10(2)7(12)11(6)9-5/h2*3-6H,1-2H3;6*3-5H,1-2H3;3*3-4H,1-2H3. The molecule has 45 nitrogen and oxygen atoms in total. The minimum Gasteiger partial charge on any atom is -0.317 e. The second-order valence-corrected chi connectivity index (χ2v) is 30.8. The summed E-state index contributed by atoms with van der Waals surface area (Å²) in [7, 11) is 18.9. The molecule has 0 unspecified atom stereocenters. The van der Waals surface area contributed by atoms with Crippen LogP contribution in [-0.2, 0) is 77.5 Å². The zero-order valence-electron chi connectivity index (χ0n) is 76.7. The maximum atomic E-state index is 11.5. The molecular weight excluding hydrogens is 1700 g/mol. The van der Waals surface area contributed by atoms with Gasteiger partial charge < -0.3 is 63.4 Å². The molecule has 682 valence electrons. The van der Waals surface area contributed by atoms with Crippen molar-refractivity contribution < 1.29 is 0 Å². The summed E-state index contributed by atoms with van der Waals surface area (Å²) in [5.41, 5.74) is 12.6. The normalized spacial score (nSPS) is 10.8. The number of aromatic nitrogens is 34. The Bertz CT molecular complexity index is 7410. The molecule has 0 spiro atoms. The van der Waals surface area contributed by atoms with Crippen molar-refractivity contribution in [2.24, 2.45) is 77.5 Å². The number of rotatable bonds is 0. The molecule has 0 aliphatic carbocycles. The molecule has 45 heteroatoms. The highest BCUT2D eigenvalue weighted by atomic mass is 16.2. The highest BCUT2D eigenvalue weighted by Crippen LogP contribution is 2.09. The van der Waals surface area contributed by atoms with Gasteiger partial charge in [-0.05, 0) is 124 Å². The van der Waals surface area contributed by atoms with Gasteiger partial charge in [-0.15, -0.1) is 15.3 Å². The lowest BCUT2D eigenvalue weighted by atomic mass is 10.4. The molecule has 0 amide bonds. The van der Waals surface area contributed by atoms with E-state index in [9.17, 15) is 52.7 Å². The van der Waals surface area contributed by atoms with E-state index in [0.29, 0.717) is 56.6 Å². The SMILES string of the molecule is Cc1cc2c(=O)n(C)ccn2c1.Cc1cc2c(=O)n(C)ccn2n1.Cc1ccc2c(=O)n(C)ccn12.Cc1cn2c(=O)n(C)ccc2n1.Cc1cn2ccn(C)c(=O)c2n1.Cc1cnc2c(=O)n(C)ccn12.Cc1nc2c(=O)n(C)ccn2n1.Cc1nc2ccn(C)c(=O)n2n1.Cc1ncc2c(=O)n(C)ccn12.Cc1ncn2c(=O)n(C)ccc12.Cc1nnc2c(=O)n(C)ccn12. The first kappa shape index (κ1) is 93.7. The van der Waals surface area contributed by atoms with Gasteiger partial charge in [-0.1, -0.05) is 0 Å². The van der Waals surface area contributed by atoms with Crippen LogP contribution in [0.5, 0.6) is 0 Å². The van der Waals surface area contributed by atoms with Gasteiger partial charge >= 0.3 is 17.1 Å². The summed E-state index contributed by atoms with van der Waals surface area (Å²) >= 11 is 0. The fourth-order valence-corrected chi connectivity index (χ4v) is 13.1. The Morgan fingerprint density at radius 3 is 1.42 bits per heavy atom. The fraction of sp³-hybridized carbons (Fsp3) is 0.253. The zero-order valence-corrected chi connectivity index (χ0v) is 76.7. The van der Waals surface area contributed by atoms with Crippen molar-refractivity contribution in [2.75, 3.05) is 0 Å². The molecule has 0 fully saturated rings. The van der Waals surface area contributed by atoms with Crippen LogP contribution in [0, 0.1) is 76.2 Å². The van der Waals surface area contributed by atoms with Gasteiger partial charge in [0.05, 0.1) is 34.5 Å². The van der Waals surface area contributed by atoms with Crippen molar-refractivity contribution >= 4 is 61.5 Å². The molecule has 0 aliphatic heterocycles. The number of aryl methyl sites for hydroxylation is 22. The van der Waals surface area contributed by atoms with Gasteiger partial charge in [-0.25, -0.2) is 58.3 Å². The first-order valence-electron chi connectivity index (χ1n) is 40.5. The number of hydrogen-bond acceptors (Lipinski definition) is 23. The van der Waals surface area contributed by atoms with Crippen LogP contribution in [0.1, 0.15) is 63.0 Å². The predicted octanol–water partition coefficient (Wildman–Crippen LogP) is 3.15. The summed E-state index contributed by atoms with van der Waals surface area (Å²) in [6.45, 7) is 20.5. The molecule has 22 rings (SSSR count). The number of nitrogens with zero attached hydrogens (tertiary/aromatic N) is 34. The first-order chi connectivity index (χ1) is 62.6. The molecular formula is C87H98N34O11. The smallest absolute Gasteiger partial charge is 0.317 e. The maximum Gasteiger partial charge on any atom is 0.350 e. The van der Waals surface area contributed by atoms with Crippen molar-refractivity contribution in [1.82, 2.24) is 159 Å². The summed E-state index contributed by atoms with van der Waals surface area (Å²) in [4.78, 5) is 154. The Kier molecular flexibility index (Phi) is 27.8. The highest BCUT2D eigenvalue weighted by Gasteiger charge is 2.12. The van der Waals surface area contributed by atoms with Crippen molar-refractivity contribution in [3.8, 4) is 0 Å². The summed E-state index contributed by atoms with van der Waals surface area (Å²) in [6, 6.07) is 12.9. The van der Waals surface area contributed by atoms with E-state index >= 15 is 0 Å². The zero-order chi connectivity index (χ0) is 95.9. The van der Waals surface area contributed by atoms with E-state index in [4.69, 9.17) is 0 Å². The van der Waals surface area contributed by atoms with Gasteiger partial charge in [0, 0.05) is 231 Å². The van der Waals surface area contributed by atoms with Gasteiger partial charge in [-0.3, -0.25) is 60.4 Å². The van der Waals surface area contributed by atoms with Gasteiger partial charge in [0.15, 0.2) is 5.65 Å². The van der Waals surface area contributed by atoms with Crippen molar-refractivity contribution in [3.05, 3.63) is 375 Å². The molecule has 22 aromatic rings. The van der Waals surface area contributed by atoms with Gasteiger partial charge in [-0.2, -0.15) is 14.7 Å². The lowest BCUT2D eigenvalue weighted by Gasteiger charge is -1.99. The topological polar surface area (TPSA) is 445 Å². The van der Waals surface area contributed by atoms with E-state index in [2.05, 4.69) is 60.4 Å². The molecule has 0 aromatic carbocycles. The van der Waals surface area contributed by atoms with E-state index in [0.717, 1.165) is 67.9 Å². The highest BCUT2D eigenvalue weighted by molar-refractivity contribution is 5.51. The second kappa shape index (κ2) is 39.2. The fourth-order valence-electron chi connectivity index (χ4n) is 13.1. The maximum absolute atomic E-state index is 11.5. The van der Waals surface area contributed by atoms with Crippen LogP contribution in [0.2, 0.25) is 0 Å². The van der Waals surface area contributed by atoms with Crippen LogP contribution in [0.4, 0.5) is 0 Å². The van der Waals surface area contributed by atoms with Crippen molar-refractivity contribution in [2.45, 2.75) is 76.2 Å². The Hall–Kier alpha value is -17.4. The third-order valence-corrected chi connectivity index (χ3v) is 20.5. The largest absolute Gasteiger partial charge is 0.350 e. The first-order valence-corrected chi connectivity index (χ1v) is 40.5. The molecule has 0 aliphatic rings. The molecule has 132 heavy (non-hydrogen) atoms. The lowest BCUT2D eigenvalue weighted by molar-refractivity contribution is 0.739. The molecule has 22 heterocycles. The Balaban J connectivity index is 0.000000131. The molecule has 22 aromatic heterocycles. The molecule has 0 N–H and O–H groups in total. The molecule has 0 radical (unpaired) electrons. The average Bonchev–Trinajstić information content (AvgIpc) is 1.65. The quantitative estimate of drug-likeness (QED) is 0.210. The van der Waals surface area contributed by atoms with Crippen molar-refractivity contribution in [1.29, 1.82) is 0 Å². The van der Waals surface area contributed by atoms with Crippen LogP contribution in [-0.4, -0.2) is 159 Å². The van der Waals surface area contributed by atoms with Gasteiger partial charge in [0.25, 0.3) is 44.5 Å². The monoisotopic (exact) mass is 1790 g/mol. The van der Waals surface area contributed by atoms with E-state index < -0.39 is 0 Å². The van der Waals surface area contributed by atoms with E-state index in [-0.39, 0.29) is 61.5 Å². The summed E-state index contributed by atoms with van der Waals surface area (Å²) in [5.74, 6) is 2.78. The Labute approximate surface area is 745 Å². The number of hydrogen-bond donors (Lipinski definition) is 0.